The number of ether oxygens (including phenoxy) is 1. The quantitative estimate of drug-likeness (QED) is 0.728. The van der Waals surface area contributed by atoms with Crippen molar-refractivity contribution in [1.29, 1.82) is 0 Å². The van der Waals surface area contributed by atoms with E-state index in [4.69, 9.17) is 4.74 Å². The summed E-state index contributed by atoms with van der Waals surface area (Å²) in [4.78, 5) is 2.48. The van der Waals surface area contributed by atoms with Gasteiger partial charge in [0.2, 0.25) is 0 Å². The zero-order valence-corrected chi connectivity index (χ0v) is 10.1. The summed E-state index contributed by atoms with van der Waals surface area (Å²) in [5, 5.41) is 0. The highest BCUT2D eigenvalue weighted by Crippen LogP contribution is 2.12. The fourth-order valence-electron chi connectivity index (χ4n) is 2.20. The molecule has 1 saturated heterocycles. The molecule has 1 aliphatic heterocycles. The number of aryl methyl sites for hydroxylation is 1. The number of rotatable bonds is 6. The van der Waals surface area contributed by atoms with Crippen LogP contribution >= 0.6 is 0 Å². The van der Waals surface area contributed by atoms with Gasteiger partial charge in [-0.2, -0.15) is 0 Å². The summed E-state index contributed by atoms with van der Waals surface area (Å²) in [5.41, 5.74) is 1.45. The van der Waals surface area contributed by atoms with Crippen LogP contribution in [0.4, 0.5) is 0 Å². The SMILES string of the molecule is CCOC1CN(CCCc2ccccc2)C1. The molecule has 2 heteroatoms. The van der Waals surface area contributed by atoms with E-state index in [-0.39, 0.29) is 0 Å². The minimum Gasteiger partial charge on any atom is -0.376 e. The Bertz CT molecular complexity index is 293. The third-order valence-corrected chi connectivity index (χ3v) is 3.11. The fourth-order valence-corrected chi connectivity index (χ4v) is 2.20. The first kappa shape index (κ1) is 11.6. The van der Waals surface area contributed by atoms with Gasteiger partial charge in [-0.15, -0.1) is 0 Å². The Balaban J connectivity index is 1.57. The Morgan fingerprint density at radius 1 is 1.25 bits per heavy atom. The van der Waals surface area contributed by atoms with Crippen molar-refractivity contribution in [3.63, 3.8) is 0 Å². The highest BCUT2D eigenvalue weighted by Gasteiger charge is 2.25. The highest BCUT2D eigenvalue weighted by molar-refractivity contribution is 5.14. The molecule has 0 aliphatic carbocycles. The molecular weight excluding hydrogens is 198 g/mol. The van der Waals surface area contributed by atoms with Crippen LogP contribution in [-0.4, -0.2) is 37.2 Å². The first-order valence-electron chi connectivity index (χ1n) is 6.26. The molecular formula is C14H21NO. The summed E-state index contributed by atoms with van der Waals surface area (Å²) in [6.45, 7) is 6.38. The summed E-state index contributed by atoms with van der Waals surface area (Å²) in [5.74, 6) is 0. The first-order valence-corrected chi connectivity index (χ1v) is 6.26. The van der Waals surface area contributed by atoms with Crippen molar-refractivity contribution in [2.24, 2.45) is 0 Å². The minimum atomic E-state index is 0.502. The van der Waals surface area contributed by atoms with E-state index in [0.717, 1.165) is 19.7 Å². The zero-order valence-electron chi connectivity index (χ0n) is 10.1. The van der Waals surface area contributed by atoms with E-state index >= 15 is 0 Å². The van der Waals surface area contributed by atoms with Crippen molar-refractivity contribution in [2.75, 3.05) is 26.2 Å². The predicted octanol–water partition coefficient (Wildman–Crippen LogP) is 2.34. The van der Waals surface area contributed by atoms with Gasteiger partial charge in [-0.3, -0.25) is 4.90 Å². The topological polar surface area (TPSA) is 12.5 Å². The number of likely N-dealkylation sites (tertiary alicyclic amines) is 1. The first-order chi connectivity index (χ1) is 7.88. The van der Waals surface area contributed by atoms with Crippen LogP contribution in [0.5, 0.6) is 0 Å². The van der Waals surface area contributed by atoms with Crippen LogP contribution in [0.15, 0.2) is 30.3 Å². The lowest BCUT2D eigenvalue weighted by Gasteiger charge is -2.38. The Hall–Kier alpha value is -0.860. The van der Waals surface area contributed by atoms with E-state index in [0.29, 0.717) is 6.10 Å². The maximum absolute atomic E-state index is 5.53. The molecule has 0 spiro atoms. The van der Waals surface area contributed by atoms with Gasteiger partial charge in [-0.05, 0) is 31.9 Å². The summed E-state index contributed by atoms with van der Waals surface area (Å²) >= 11 is 0. The Morgan fingerprint density at radius 2 is 2.00 bits per heavy atom. The minimum absolute atomic E-state index is 0.502. The molecule has 0 radical (unpaired) electrons. The summed E-state index contributed by atoms with van der Waals surface area (Å²) < 4.78 is 5.53. The summed E-state index contributed by atoms with van der Waals surface area (Å²) in [6.07, 6.45) is 2.95. The molecule has 1 heterocycles. The summed E-state index contributed by atoms with van der Waals surface area (Å²) in [7, 11) is 0. The molecule has 0 aromatic heterocycles. The molecule has 2 nitrogen and oxygen atoms in total. The number of hydrogen-bond donors (Lipinski definition) is 0. The van der Waals surface area contributed by atoms with Crippen LogP contribution in [0.25, 0.3) is 0 Å². The lowest BCUT2D eigenvalue weighted by Crippen LogP contribution is -2.52. The van der Waals surface area contributed by atoms with Crippen molar-refractivity contribution in [1.82, 2.24) is 4.90 Å². The van der Waals surface area contributed by atoms with Crippen molar-refractivity contribution in [3.05, 3.63) is 35.9 Å². The zero-order chi connectivity index (χ0) is 11.2. The van der Waals surface area contributed by atoms with Gasteiger partial charge < -0.3 is 4.74 Å². The highest BCUT2D eigenvalue weighted by atomic mass is 16.5. The largest absolute Gasteiger partial charge is 0.376 e. The third-order valence-electron chi connectivity index (χ3n) is 3.11. The van der Waals surface area contributed by atoms with Gasteiger partial charge in [0.05, 0.1) is 6.10 Å². The second-order valence-electron chi connectivity index (χ2n) is 4.43. The van der Waals surface area contributed by atoms with Gasteiger partial charge in [0, 0.05) is 19.7 Å². The molecule has 0 N–H and O–H groups in total. The Labute approximate surface area is 98.2 Å². The van der Waals surface area contributed by atoms with Crippen LogP contribution in [0, 0.1) is 0 Å². The number of nitrogens with zero attached hydrogens (tertiary/aromatic N) is 1. The molecule has 88 valence electrons. The van der Waals surface area contributed by atoms with Crippen LogP contribution in [0.2, 0.25) is 0 Å². The lowest BCUT2D eigenvalue weighted by atomic mass is 10.1. The molecule has 0 atom stereocenters. The van der Waals surface area contributed by atoms with Crippen LogP contribution in [-0.2, 0) is 11.2 Å². The van der Waals surface area contributed by atoms with E-state index < -0.39 is 0 Å². The summed E-state index contributed by atoms with van der Waals surface area (Å²) in [6, 6.07) is 10.7. The van der Waals surface area contributed by atoms with Gasteiger partial charge in [0.25, 0.3) is 0 Å². The van der Waals surface area contributed by atoms with Crippen LogP contribution < -0.4 is 0 Å². The third kappa shape index (κ3) is 3.32. The van der Waals surface area contributed by atoms with Gasteiger partial charge in [0.1, 0.15) is 0 Å². The average molecular weight is 219 g/mol. The molecule has 1 aromatic carbocycles. The van der Waals surface area contributed by atoms with E-state index in [9.17, 15) is 0 Å². The molecule has 1 aromatic rings. The van der Waals surface area contributed by atoms with Gasteiger partial charge >= 0.3 is 0 Å². The standard InChI is InChI=1S/C14H21NO/c1-2-16-14-11-15(12-14)10-6-9-13-7-4-3-5-8-13/h3-5,7-8,14H,2,6,9-12H2,1H3. The van der Waals surface area contributed by atoms with Crippen LogP contribution in [0.3, 0.4) is 0 Å². The van der Waals surface area contributed by atoms with E-state index in [1.54, 1.807) is 0 Å². The van der Waals surface area contributed by atoms with Gasteiger partial charge in [-0.1, -0.05) is 30.3 Å². The number of hydrogen-bond acceptors (Lipinski definition) is 2. The maximum atomic E-state index is 5.53. The molecule has 2 rings (SSSR count). The molecule has 0 amide bonds. The van der Waals surface area contributed by atoms with Crippen molar-refractivity contribution < 1.29 is 4.74 Å². The second kappa shape index (κ2) is 6.02. The average Bonchev–Trinajstić information content (AvgIpc) is 2.27. The number of benzene rings is 1. The van der Waals surface area contributed by atoms with Crippen molar-refractivity contribution in [2.45, 2.75) is 25.9 Å². The molecule has 16 heavy (non-hydrogen) atoms. The Kier molecular flexibility index (Phi) is 4.37. The smallest absolute Gasteiger partial charge is 0.0828 e. The van der Waals surface area contributed by atoms with Gasteiger partial charge in [-0.25, -0.2) is 0 Å². The molecule has 0 bridgehead atoms. The predicted molar refractivity (Wildman–Crippen MR) is 66.6 cm³/mol. The lowest BCUT2D eigenvalue weighted by molar-refractivity contribution is -0.0495. The normalized spacial score (nSPS) is 17.3. The van der Waals surface area contributed by atoms with Crippen molar-refractivity contribution >= 4 is 0 Å². The maximum Gasteiger partial charge on any atom is 0.0828 e. The van der Waals surface area contributed by atoms with Crippen molar-refractivity contribution in [3.8, 4) is 0 Å². The van der Waals surface area contributed by atoms with Gasteiger partial charge in [0.15, 0.2) is 0 Å². The molecule has 1 aliphatic rings. The molecule has 1 fully saturated rings. The van der Waals surface area contributed by atoms with E-state index in [2.05, 4.69) is 42.2 Å². The van der Waals surface area contributed by atoms with E-state index in [1.165, 1.54) is 24.9 Å². The molecule has 0 unspecified atom stereocenters. The second-order valence-corrected chi connectivity index (χ2v) is 4.43. The van der Waals surface area contributed by atoms with E-state index in [1.807, 2.05) is 0 Å². The Morgan fingerprint density at radius 3 is 2.69 bits per heavy atom. The monoisotopic (exact) mass is 219 g/mol. The molecule has 0 saturated carbocycles. The fraction of sp³-hybridized carbons (Fsp3) is 0.571. The van der Waals surface area contributed by atoms with Crippen LogP contribution in [0.1, 0.15) is 18.9 Å².